The van der Waals surface area contributed by atoms with Crippen molar-refractivity contribution in [2.24, 2.45) is 0 Å². The van der Waals surface area contributed by atoms with E-state index in [-0.39, 0.29) is 24.3 Å². The highest BCUT2D eigenvalue weighted by Gasteiger charge is 2.44. The van der Waals surface area contributed by atoms with Gasteiger partial charge in [-0.15, -0.1) is 0 Å². The molecule has 1 aromatic carbocycles. The topological polar surface area (TPSA) is 134 Å². The highest BCUT2D eigenvalue weighted by atomic mass is 16.2. The molecule has 1 fully saturated rings. The van der Waals surface area contributed by atoms with E-state index in [1.54, 1.807) is 30.5 Å². The summed E-state index contributed by atoms with van der Waals surface area (Å²) in [5.41, 5.74) is 8.15. The van der Waals surface area contributed by atoms with Crippen molar-refractivity contribution in [3.63, 3.8) is 0 Å². The van der Waals surface area contributed by atoms with Crippen LogP contribution in [0, 0.1) is 0 Å². The van der Waals surface area contributed by atoms with E-state index in [1.807, 2.05) is 6.07 Å². The Hall–Kier alpha value is -3.59. The lowest BCUT2D eigenvalue weighted by Gasteiger charge is -2.27. The molecule has 31 heavy (non-hydrogen) atoms. The molecule has 0 bridgehead atoms. The molecule has 9 nitrogen and oxygen atoms in total. The van der Waals surface area contributed by atoms with Crippen molar-refractivity contribution in [1.82, 2.24) is 20.5 Å². The molecule has 4 rings (SSSR count). The summed E-state index contributed by atoms with van der Waals surface area (Å²) in [6.45, 7) is 1.32. The van der Waals surface area contributed by atoms with E-state index in [0.717, 1.165) is 35.4 Å². The van der Waals surface area contributed by atoms with Gasteiger partial charge in [-0.25, -0.2) is 4.98 Å². The Morgan fingerprint density at radius 1 is 1.06 bits per heavy atom. The maximum atomic E-state index is 12.8. The van der Waals surface area contributed by atoms with Crippen molar-refractivity contribution in [2.45, 2.75) is 38.3 Å². The maximum Gasteiger partial charge on any atom is 0.262 e. The van der Waals surface area contributed by atoms with E-state index in [1.165, 1.54) is 0 Å². The van der Waals surface area contributed by atoms with Gasteiger partial charge < -0.3 is 11.1 Å². The molecule has 1 atom stereocenters. The average molecular weight is 421 g/mol. The number of fused-ring (bicyclic) bond motifs is 1. The SMILES string of the molecule is Nc1ccc(CCCNCc2ccc3c(c2)C(=O)N(C2CCC(=O)NC2=O)C3=O)cn1. The van der Waals surface area contributed by atoms with E-state index < -0.39 is 23.8 Å². The third-order valence-corrected chi connectivity index (χ3v) is 5.50. The number of pyridine rings is 1. The molecule has 1 saturated heterocycles. The second-order valence-electron chi connectivity index (χ2n) is 7.70. The number of carbonyl (C=O) groups excluding carboxylic acids is 4. The lowest BCUT2D eigenvalue weighted by molar-refractivity contribution is -0.136. The average Bonchev–Trinajstić information content (AvgIpc) is 2.99. The Morgan fingerprint density at radius 2 is 1.84 bits per heavy atom. The van der Waals surface area contributed by atoms with Crippen molar-refractivity contribution in [3.8, 4) is 0 Å². The molecule has 9 heteroatoms. The quantitative estimate of drug-likeness (QED) is 0.444. The molecule has 0 saturated carbocycles. The van der Waals surface area contributed by atoms with Crippen LogP contribution in [0.2, 0.25) is 0 Å². The second-order valence-corrected chi connectivity index (χ2v) is 7.70. The molecular weight excluding hydrogens is 398 g/mol. The number of piperidine rings is 1. The summed E-state index contributed by atoms with van der Waals surface area (Å²) in [7, 11) is 0. The van der Waals surface area contributed by atoms with Gasteiger partial charge in [0.15, 0.2) is 0 Å². The van der Waals surface area contributed by atoms with Crippen LogP contribution in [0.4, 0.5) is 5.82 Å². The first-order valence-corrected chi connectivity index (χ1v) is 10.2. The van der Waals surface area contributed by atoms with Crippen LogP contribution in [0.1, 0.15) is 51.1 Å². The predicted octanol–water partition coefficient (Wildman–Crippen LogP) is 0.787. The zero-order chi connectivity index (χ0) is 22.0. The smallest absolute Gasteiger partial charge is 0.262 e. The van der Waals surface area contributed by atoms with Gasteiger partial charge in [0.2, 0.25) is 11.8 Å². The molecule has 0 aliphatic carbocycles. The van der Waals surface area contributed by atoms with Gasteiger partial charge >= 0.3 is 0 Å². The summed E-state index contributed by atoms with van der Waals surface area (Å²) in [5.74, 6) is -1.48. The monoisotopic (exact) mass is 421 g/mol. The number of nitrogen functional groups attached to an aromatic ring is 1. The fourth-order valence-corrected chi connectivity index (χ4v) is 3.86. The number of aryl methyl sites for hydroxylation is 1. The molecule has 1 unspecified atom stereocenters. The first-order valence-electron chi connectivity index (χ1n) is 10.2. The van der Waals surface area contributed by atoms with Crippen molar-refractivity contribution < 1.29 is 19.2 Å². The van der Waals surface area contributed by atoms with Crippen molar-refractivity contribution in [3.05, 3.63) is 58.8 Å². The Kier molecular flexibility index (Phi) is 5.77. The minimum atomic E-state index is -0.950. The number of carbonyl (C=O) groups is 4. The summed E-state index contributed by atoms with van der Waals surface area (Å²) in [6, 6.07) is 7.91. The summed E-state index contributed by atoms with van der Waals surface area (Å²) in [5, 5.41) is 5.53. The number of nitrogens with one attached hydrogen (secondary N) is 2. The van der Waals surface area contributed by atoms with Crippen molar-refractivity contribution >= 4 is 29.4 Å². The summed E-state index contributed by atoms with van der Waals surface area (Å²) in [4.78, 5) is 54.1. The lowest BCUT2D eigenvalue weighted by Crippen LogP contribution is -2.54. The number of nitrogens with zero attached hydrogens (tertiary/aromatic N) is 2. The van der Waals surface area contributed by atoms with Crippen molar-refractivity contribution in [2.75, 3.05) is 12.3 Å². The number of aromatic nitrogens is 1. The van der Waals surface area contributed by atoms with Crippen molar-refractivity contribution in [1.29, 1.82) is 0 Å². The van der Waals surface area contributed by atoms with E-state index in [2.05, 4.69) is 15.6 Å². The van der Waals surface area contributed by atoms with Crippen LogP contribution in [-0.2, 0) is 22.6 Å². The molecular formula is C22H23N5O4. The van der Waals surface area contributed by atoms with E-state index in [4.69, 9.17) is 5.73 Å². The number of benzene rings is 1. The number of imide groups is 2. The van der Waals surface area contributed by atoms with Gasteiger partial charge in [0.25, 0.3) is 11.8 Å². The number of amides is 4. The van der Waals surface area contributed by atoms with Crippen LogP contribution in [0.25, 0.3) is 0 Å². The van der Waals surface area contributed by atoms with Gasteiger partial charge in [0.1, 0.15) is 11.9 Å². The fourth-order valence-electron chi connectivity index (χ4n) is 3.86. The third kappa shape index (κ3) is 4.31. The number of hydrogen-bond donors (Lipinski definition) is 3. The van der Waals surface area contributed by atoms with E-state index in [0.29, 0.717) is 17.9 Å². The molecule has 3 heterocycles. The Labute approximate surface area is 179 Å². The van der Waals surface area contributed by atoms with Gasteiger partial charge in [-0.2, -0.15) is 0 Å². The van der Waals surface area contributed by atoms with Crippen LogP contribution in [0.15, 0.2) is 36.5 Å². The van der Waals surface area contributed by atoms with Gasteiger partial charge in [0, 0.05) is 19.2 Å². The molecule has 0 spiro atoms. The summed E-state index contributed by atoms with van der Waals surface area (Å²) < 4.78 is 0. The normalized spacial score (nSPS) is 18.3. The van der Waals surface area contributed by atoms with Crippen LogP contribution < -0.4 is 16.4 Å². The lowest BCUT2D eigenvalue weighted by atomic mass is 10.0. The Bertz CT molecular complexity index is 1050. The Balaban J connectivity index is 1.34. The molecule has 4 amide bonds. The van der Waals surface area contributed by atoms with Gasteiger partial charge in [-0.05, 0) is 55.1 Å². The third-order valence-electron chi connectivity index (χ3n) is 5.50. The number of rotatable bonds is 7. The summed E-state index contributed by atoms with van der Waals surface area (Å²) >= 11 is 0. The van der Waals surface area contributed by atoms with Crippen LogP contribution >= 0.6 is 0 Å². The summed E-state index contributed by atoms with van der Waals surface area (Å²) in [6.07, 6.45) is 3.81. The largest absolute Gasteiger partial charge is 0.384 e. The zero-order valence-electron chi connectivity index (χ0n) is 16.9. The number of anilines is 1. The molecule has 4 N–H and O–H groups in total. The van der Waals surface area contributed by atoms with Gasteiger partial charge in [-0.3, -0.25) is 29.4 Å². The minimum Gasteiger partial charge on any atom is -0.384 e. The highest BCUT2D eigenvalue weighted by Crippen LogP contribution is 2.28. The second kappa shape index (κ2) is 8.65. The van der Waals surface area contributed by atoms with E-state index >= 15 is 0 Å². The first-order chi connectivity index (χ1) is 14.9. The molecule has 160 valence electrons. The van der Waals surface area contributed by atoms with Crippen LogP contribution in [0.3, 0.4) is 0 Å². The predicted molar refractivity (Wildman–Crippen MR) is 112 cm³/mol. The van der Waals surface area contributed by atoms with Gasteiger partial charge in [0.05, 0.1) is 11.1 Å². The molecule has 2 aromatic rings. The molecule has 0 radical (unpaired) electrons. The standard InChI is InChI=1S/C22H23N5O4/c23-18-7-4-13(12-25-18)2-1-9-24-11-14-3-5-15-16(10-14)22(31)27(21(15)30)17-6-8-19(28)26-20(17)29/h3-5,7,10,12,17,24H,1-2,6,8-9,11H2,(H2,23,25)(H,26,28,29). The zero-order valence-corrected chi connectivity index (χ0v) is 16.9. The van der Waals surface area contributed by atoms with Gasteiger partial charge in [-0.1, -0.05) is 12.1 Å². The first kappa shape index (κ1) is 20.7. The minimum absolute atomic E-state index is 0.103. The maximum absolute atomic E-state index is 12.8. The van der Waals surface area contributed by atoms with E-state index in [9.17, 15) is 19.2 Å². The molecule has 2 aliphatic rings. The molecule has 1 aromatic heterocycles. The number of hydrogen-bond acceptors (Lipinski definition) is 7. The van der Waals surface area contributed by atoms with Crippen LogP contribution in [0.5, 0.6) is 0 Å². The highest BCUT2D eigenvalue weighted by molar-refractivity contribution is 6.23. The molecule has 2 aliphatic heterocycles. The fraction of sp³-hybridized carbons (Fsp3) is 0.318. The van der Waals surface area contributed by atoms with Crippen LogP contribution in [-0.4, -0.2) is 46.1 Å². The number of nitrogens with two attached hydrogens (primary N) is 1. The Morgan fingerprint density at radius 3 is 2.58 bits per heavy atom.